The summed E-state index contributed by atoms with van der Waals surface area (Å²) >= 11 is 0. The number of benzene rings is 1. The van der Waals surface area contributed by atoms with Gasteiger partial charge in [0.1, 0.15) is 0 Å². The van der Waals surface area contributed by atoms with E-state index in [-0.39, 0.29) is 17.9 Å². The Bertz CT molecular complexity index is 687. The number of hydrogen-bond donors (Lipinski definition) is 2. The molecule has 1 saturated carbocycles. The van der Waals surface area contributed by atoms with E-state index in [4.69, 9.17) is 0 Å². The van der Waals surface area contributed by atoms with Crippen molar-refractivity contribution in [2.75, 3.05) is 13.2 Å². The quantitative estimate of drug-likeness (QED) is 0.860. The predicted molar refractivity (Wildman–Crippen MR) is 90.1 cm³/mol. The zero-order valence-electron chi connectivity index (χ0n) is 13.7. The Morgan fingerprint density at radius 2 is 2.17 bits per heavy atom. The van der Waals surface area contributed by atoms with Crippen molar-refractivity contribution in [2.24, 2.45) is 5.41 Å². The fraction of sp³-hybridized carbons (Fsp3) is 0.556. The second-order valence-electron chi connectivity index (χ2n) is 6.82. The molecule has 3 rings (SSSR count). The van der Waals surface area contributed by atoms with Gasteiger partial charge in [0, 0.05) is 23.8 Å². The summed E-state index contributed by atoms with van der Waals surface area (Å²) in [6.45, 7) is 3.38. The Balaban J connectivity index is 1.55. The summed E-state index contributed by atoms with van der Waals surface area (Å²) in [5.74, 6) is 0.0287. The van der Waals surface area contributed by atoms with Crippen LogP contribution in [-0.4, -0.2) is 33.9 Å². The fourth-order valence-electron chi connectivity index (χ4n) is 3.46. The van der Waals surface area contributed by atoms with E-state index in [9.17, 15) is 9.90 Å². The molecule has 1 fully saturated rings. The molecule has 0 spiro atoms. The summed E-state index contributed by atoms with van der Waals surface area (Å²) in [5.41, 5.74) is 2.17. The highest BCUT2D eigenvalue weighted by molar-refractivity contribution is 5.80. The highest BCUT2D eigenvalue weighted by atomic mass is 16.3. The molecule has 0 atom stereocenters. The molecule has 0 aliphatic heterocycles. The highest BCUT2D eigenvalue weighted by Crippen LogP contribution is 2.36. The number of carbonyl (C=O) groups is 1. The van der Waals surface area contributed by atoms with Crippen LogP contribution in [0.4, 0.5) is 0 Å². The number of fused-ring (bicyclic) bond motifs is 1. The van der Waals surface area contributed by atoms with E-state index < -0.39 is 0 Å². The third-order valence-corrected chi connectivity index (χ3v) is 5.01. The zero-order chi connectivity index (χ0) is 16.3. The largest absolute Gasteiger partial charge is 0.396 e. The maximum Gasteiger partial charge on any atom is 0.221 e. The summed E-state index contributed by atoms with van der Waals surface area (Å²) < 4.78 is 1.89. The lowest BCUT2D eigenvalue weighted by Gasteiger charge is -2.26. The molecule has 1 aliphatic carbocycles. The predicted octanol–water partition coefficient (Wildman–Crippen LogP) is 2.40. The molecule has 1 aromatic carbocycles. The third kappa shape index (κ3) is 3.55. The van der Waals surface area contributed by atoms with Gasteiger partial charge >= 0.3 is 0 Å². The van der Waals surface area contributed by atoms with E-state index >= 15 is 0 Å². The first-order valence-electron chi connectivity index (χ1n) is 8.42. The summed E-state index contributed by atoms with van der Waals surface area (Å²) in [6.07, 6.45) is 6.56. The normalized spacial score (nSPS) is 16.8. The Kier molecular flexibility index (Phi) is 4.66. The minimum absolute atomic E-state index is 0.0287. The molecule has 5 nitrogen and oxygen atoms in total. The van der Waals surface area contributed by atoms with Crippen LogP contribution < -0.4 is 5.32 Å². The SMILES string of the molecule is Cc1ccc2cnn(CCC(=O)NCC3(CO)CCCC3)c2c1. The van der Waals surface area contributed by atoms with Crippen molar-refractivity contribution >= 4 is 16.8 Å². The maximum atomic E-state index is 12.1. The first-order valence-corrected chi connectivity index (χ1v) is 8.42. The molecule has 1 heterocycles. The van der Waals surface area contributed by atoms with E-state index in [1.54, 1.807) is 0 Å². The number of aliphatic hydroxyl groups excluding tert-OH is 1. The molecule has 0 saturated heterocycles. The van der Waals surface area contributed by atoms with E-state index in [1.807, 2.05) is 10.9 Å². The number of aliphatic hydroxyl groups is 1. The van der Waals surface area contributed by atoms with E-state index in [0.29, 0.717) is 19.5 Å². The van der Waals surface area contributed by atoms with Crippen LogP contribution in [0, 0.1) is 12.3 Å². The number of rotatable bonds is 6. The summed E-state index contributed by atoms with van der Waals surface area (Å²) in [6, 6.07) is 6.22. The first kappa shape index (κ1) is 16.0. The first-order chi connectivity index (χ1) is 11.1. The number of nitrogens with zero attached hydrogens (tertiary/aromatic N) is 2. The van der Waals surface area contributed by atoms with Crippen LogP contribution >= 0.6 is 0 Å². The second-order valence-corrected chi connectivity index (χ2v) is 6.82. The summed E-state index contributed by atoms with van der Waals surface area (Å²) in [7, 11) is 0. The van der Waals surface area contributed by atoms with Crippen LogP contribution in [0.25, 0.3) is 10.9 Å². The smallest absolute Gasteiger partial charge is 0.221 e. The van der Waals surface area contributed by atoms with Crippen LogP contribution in [0.5, 0.6) is 0 Å². The van der Waals surface area contributed by atoms with Gasteiger partial charge in [-0.1, -0.05) is 25.0 Å². The van der Waals surface area contributed by atoms with Crippen molar-refractivity contribution < 1.29 is 9.90 Å². The third-order valence-electron chi connectivity index (χ3n) is 5.01. The van der Waals surface area contributed by atoms with Gasteiger partial charge in [-0.25, -0.2) is 0 Å². The zero-order valence-corrected chi connectivity index (χ0v) is 13.7. The van der Waals surface area contributed by atoms with Gasteiger partial charge in [-0.15, -0.1) is 0 Å². The van der Waals surface area contributed by atoms with Crippen molar-refractivity contribution in [1.29, 1.82) is 0 Å². The van der Waals surface area contributed by atoms with Crippen molar-refractivity contribution in [2.45, 2.75) is 45.6 Å². The lowest BCUT2D eigenvalue weighted by atomic mass is 9.87. The Morgan fingerprint density at radius 1 is 1.39 bits per heavy atom. The van der Waals surface area contributed by atoms with E-state index in [0.717, 1.165) is 36.6 Å². The average Bonchev–Trinajstić information content (AvgIpc) is 3.18. The molecule has 5 heteroatoms. The van der Waals surface area contributed by atoms with Gasteiger partial charge in [-0.2, -0.15) is 5.10 Å². The Labute approximate surface area is 136 Å². The number of nitrogens with one attached hydrogen (secondary N) is 1. The average molecular weight is 315 g/mol. The van der Waals surface area contributed by atoms with Crippen molar-refractivity contribution in [3.05, 3.63) is 30.0 Å². The van der Waals surface area contributed by atoms with Crippen molar-refractivity contribution in [3.63, 3.8) is 0 Å². The molecule has 2 aromatic rings. The minimum Gasteiger partial charge on any atom is -0.396 e. The standard InChI is InChI=1S/C18H25N3O2/c1-14-4-5-15-11-20-21(16(15)10-14)9-6-17(23)19-12-18(13-22)7-2-3-8-18/h4-5,10-11,22H,2-3,6-9,12-13H2,1H3,(H,19,23). The monoisotopic (exact) mass is 315 g/mol. The molecule has 23 heavy (non-hydrogen) atoms. The van der Waals surface area contributed by atoms with Gasteiger partial charge in [-0.3, -0.25) is 9.48 Å². The molecule has 1 aromatic heterocycles. The molecule has 1 amide bonds. The van der Waals surface area contributed by atoms with Crippen LogP contribution in [0.15, 0.2) is 24.4 Å². The van der Waals surface area contributed by atoms with E-state index in [1.165, 1.54) is 5.56 Å². The molecule has 1 aliphatic rings. The number of amides is 1. The Morgan fingerprint density at radius 3 is 2.91 bits per heavy atom. The van der Waals surface area contributed by atoms with Gasteiger partial charge in [0.25, 0.3) is 0 Å². The summed E-state index contributed by atoms with van der Waals surface area (Å²) in [4.78, 5) is 12.1. The molecule has 0 radical (unpaired) electrons. The lowest BCUT2D eigenvalue weighted by Crippen LogP contribution is -2.38. The molecule has 0 unspecified atom stereocenters. The lowest BCUT2D eigenvalue weighted by molar-refractivity contribution is -0.122. The molecule has 2 N–H and O–H groups in total. The van der Waals surface area contributed by atoms with Gasteiger partial charge in [-0.05, 0) is 31.4 Å². The van der Waals surface area contributed by atoms with Gasteiger partial charge in [0.05, 0.1) is 24.9 Å². The van der Waals surface area contributed by atoms with Gasteiger partial charge in [0.2, 0.25) is 5.91 Å². The maximum absolute atomic E-state index is 12.1. The van der Waals surface area contributed by atoms with Crippen LogP contribution in [0.3, 0.4) is 0 Å². The Hall–Kier alpha value is -1.88. The minimum atomic E-state index is -0.0921. The summed E-state index contributed by atoms with van der Waals surface area (Å²) in [5, 5.41) is 18.1. The van der Waals surface area contributed by atoms with Gasteiger partial charge in [0.15, 0.2) is 0 Å². The molecule has 0 bridgehead atoms. The molecule has 124 valence electrons. The molecular formula is C18H25N3O2. The fourth-order valence-corrected chi connectivity index (χ4v) is 3.46. The van der Waals surface area contributed by atoms with Gasteiger partial charge < -0.3 is 10.4 Å². The van der Waals surface area contributed by atoms with Crippen molar-refractivity contribution in [3.8, 4) is 0 Å². The second kappa shape index (κ2) is 6.71. The van der Waals surface area contributed by atoms with Crippen molar-refractivity contribution in [1.82, 2.24) is 15.1 Å². The van der Waals surface area contributed by atoms with Crippen LogP contribution in [-0.2, 0) is 11.3 Å². The topological polar surface area (TPSA) is 67.2 Å². The number of aryl methyl sites for hydroxylation is 2. The number of hydrogen-bond acceptors (Lipinski definition) is 3. The van der Waals surface area contributed by atoms with Crippen LogP contribution in [0.1, 0.15) is 37.7 Å². The molecular weight excluding hydrogens is 290 g/mol. The number of carbonyl (C=O) groups excluding carboxylic acids is 1. The van der Waals surface area contributed by atoms with E-state index in [2.05, 4.69) is 35.5 Å². The van der Waals surface area contributed by atoms with Crippen LogP contribution in [0.2, 0.25) is 0 Å². The number of aromatic nitrogens is 2. The highest BCUT2D eigenvalue weighted by Gasteiger charge is 2.33.